The van der Waals surface area contributed by atoms with E-state index in [4.69, 9.17) is 28.9 Å². The number of hydrogen-bond acceptors (Lipinski definition) is 2. The highest BCUT2D eigenvalue weighted by molar-refractivity contribution is 6.36. The number of hydrogen-bond donors (Lipinski definition) is 2. The number of nitrogens with one attached hydrogen (secondary N) is 1. The van der Waals surface area contributed by atoms with Gasteiger partial charge in [0.15, 0.2) is 11.6 Å². The van der Waals surface area contributed by atoms with Gasteiger partial charge in [0.2, 0.25) is 0 Å². The minimum atomic E-state index is -1.000. The van der Waals surface area contributed by atoms with E-state index in [1.165, 1.54) is 6.07 Å². The quantitative estimate of drug-likeness (QED) is 0.793. The van der Waals surface area contributed by atoms with Crippen LogP contribution in [0.1, 0.15) is 0 Å². The van der Waals surface area contributed by atoms with Crippen LogP contribution in [0.25, 0.3) is 0 Å². The highest BCUT2D eigenvalue weighted by Crippen LogP contribution is 2.31. The fourth-order valence-electron chi connectivity index (χ4n) is 1.41. The zero-order valence-corrected chi connectivity index (χ0v) is 10.5. The summed E-state index contributed by atoms with van der Waals surface area (Å²) in [7, 11) is 0. The number of rotatable bonds is 2. The molecule has 0 aliphatic rings. The van der Waals surface area contributed by atoms with E-state index in [1.807, 2.05) is 0 Å². The molecule has 2 rings (SSSR count). The van der Waals surface area contributed by atoms with Crippen molar-refractivity contribution in [3.8, 4) is 0 Å². The van der Waals surface area contributed by atoms with Crippen molar-refractivity contribution in [2.24, 2.45) is 0 Å². The fraction of sp³-hybridized carbons (Fsp3) is 0. The summed E-state index contributed by atoms with van der Waals surface area (Å²) in [6, 6.07) is 6.63. The fourth-order valence-corrected chi connectivity index (χ4v) is 1.86. The highest BCUT2D eigenvalue weighted by Gasteiger charge is 2.09. The Morgan fingerprint density at radius 3 is 2.28 bits per heavy atom. The van der Waals surface area contributed by atoms with E-state index in [0.717, 1.165) is 12.1 Å². The topological polar surface area (TPSA) is 38.0 Å². The molecule has 0 saturated heterocycles. The minimum Gasteiger partial charge on any atom is -0.397 e. The van der Waals surface area contributed by atoms with Gasteiger partial charge in [-0.2, -0.15) is 0 Å². The molecule has 2 nitrogen and oxygen atoms in total. The Kier molecular flexibility index (Phi) is 3.59. The Labute approximate surface area is 112 Å². The van der Waals surface area contributed by atoms with Crippen LogP contribution in [-0.4, -0.2) is 0 Å². The Balaban J connectivity index is 2.37. The number of halogens is 4. The van der Waals surface area contributed by atoms with E-state index >= 15 is 0 Å². The number of anilines is 3. The maximum atomic E-state index is 13.1. The van der Waals surface area contributed by atoms with Crippen LogP contribution in [0.4, 0.5) is 25.8 Å². The summed E-state index contributed by atoms with van der Waals surface area (Å²) in [5, 5.41) is 3.64. The minimum absolute atomic E-state index is 0.0833. The van der Waals surface area contributed by atoms with Crippen molar-refractivity contribution < 1.29 is 8.78 Å². The second-order valence-corrected chi connectivity index (χ2v) is 4.45. The van der Waals surface area contributed by atoms with Crippen LogP contribution in [0.2, 0.25) is 10.0 Å². The van der Waals surface area contributed by atoms with Gasteiger partial charge in [-0.1, -0.05) is 23.2 Å². The van der Waals surface area contributed by atoms with Crippen LogP contribution in [0.15, 0.2) is 30.3 Å². The largest absolute Gasteiger partial charge is 0.397 e. The van der Waals surface area contributed by atoms with Gasteiger partial charge in [0.05, 0.1) is 22.1 Å². The van der Waals surface area contributed by atoms with E-state index < -0.39 is 11.6 Å². The third-order valence-electron chi connectivity index (χ3n) is 2.29. The van der Waals surface area contributed by atoms with Gasteiger partial charge < -0.3 is 11.1 Å². The maximum absolute atomic E-state index is 13.1. The summed E-state index contributed by atoms with van der Waals surface area (Å²) >= 11 is 11.7. The normalized spacial score (nSPS) is 10.4. The van der Waals surface area contributed by atoms with Crippen molar-refractivity contribution in [1.82, 2.24) is 0 Å². The van der Waals surface area contributed by atoms with Gasteiger partial charge in [0.1, 0.15) is 0 Å². The van der Waals surface area contributed by atoms with Gasteiger partial charge in [0, 0.05) is 17.2 Å². The van der Waals surface area contributed by atoms with Crippen LogP contribution in [-0.2, 0) is 0 Å². The summed E-state index contributed by atoms with van der Waals surface area (Å²) in [4.78, 5) is 0. The molecule has 0 aliphatic heterocycles. The van der Waals surface area contributed by atoms with Crippen molar-refractivity contribution >= 4 is 40.3 Å². The molecular weight excluding hydrogens is 281 g/mol. The lowest BCUT2D eigenvalue weighted by Crippen LogP contribution is -1.99. The number of benzene rings is 2. The lowest BCUT2D eigenvalue weighted by Gasteiger charge is -2.11. The average Bonchev–Trinajstić information content (AvgIpc) is 2.29. The van der Waals surface area contributed by atoms with Crippen LogP contribution in [0.3, 0.4) is 0 Å². The summed E-state index contributed by atoms with van der Waals surface area (Å²) in [5.41, 5.74) is 6.40. The van der Waals surface area contributed by atoms with E-state index in [0.29, 0.717) is 15.7 Å². The monoisotopic (exact) mass is 288 g/mol. The van der Waals surface area contributed by atoms with Crippen molar-refractivity contribution in [1.29, 1.82) is 0 Å². The second kappa shape index (κ2) is 5.00. The van der Waals surface area contributed by atoms with E-state index in [-0.39, 0.29) is 11.4 Å². The first-order valence-electron chi connectivity index (χ1n) is 4.94. The summed E-state index contributed by atoms with van der Waals surface area (Å²) < 4.78 is 26.0. The van der Waals surface area contributed by atoms with E-state index in [2.05, 4.69) is 5.32 Å². The molecule has 0 bridgehead atoms. The summed E-state index contributed by atoms with van der Waals surface area (Å²) in [5.74, 6) is -1.99. The molecule has 0 atom stereocenters. The van der Waals surface area contributed by atoms with Crippen molar-refractivity contribution in [2.75, 3.05) is 11.1 Å². The lowest BCUT2D eigenvalue weighted by atomic mass is 10.2. The van der Waals surface area contributed by atoms with Gasteiger partial charge >= 0.3 is 0 Å². The van der Waals surface area contributed by atoms with Gasteiger partial charge in [-0.15, -0.1) is 0 Å². The van der Waals surface area contributed by atoms with Crippen molar-refractivity contribution in [3.05, 3.63) is 52.0 Å². The Morgan fingerprint density at radius 2 is 1.61 bits per heavy atom. The third kappa shape index (κ3) is 2.66. The molecule has 0 spiro atoms. The first kappa shape index (κ1) is 12.9. The SMILES string of the molecule is Nc1cc(F)c(F)cc1Nc1ccc(Cl)cc1Cl. The van der Waals surface area contributed by atoms with Gasteiger partial charge in [-0.05, 0) is 18.2 Å². The predicted octanol–water partition coefficient (Wildman–Crippen LogP) is 4.60. The zero-order chi connectivity index (χ0) is 13.3. The lowest BCUT2D eigenvalue weighted by molar-refractivity contribution is 0.509. The first-order valence-corrected chi connectivity index (χ1v) is 5.69. The highest BCUT2D eigenvalue weighted by atomic mass is 35.5. The summed E-state index contributed by atoms with van der Waals surface area (Å²) in [6.07, 6.45) is 0. The molecule has 0 aromatic heterocycles. The second-order valence-electron chi connectivity index (χ2n) is 3.60. The van der Waals surface area contributed by atoms with Crippen molar-refractivity contribution in [3.63, 3.8) is 0 Å². The zero-order valence-electron chi connectivity index (χ0n) is 8.98. The van der Waals surface area contributed by atoms with E-state index in [9.17, 15) is 8.78 Å². The molecule has 0 unspecified atom stereocenters. The maximum Gasteiger partial charge on any atom is 0.161 e. The number of nitrogen functional groups attached to an aromatic ring is 1. The van der Waals surface area contributed by atoms with Gasteiger partial charge in [0.25, 0.3) is 0 Å². The van der Waals surface area contributed by atoms with Gasteiger partial charge in [-0.3, -0.25) is 0 Å². The van der Waals surface area contributed by atoms with E-state index in [1.54, 1.807) is 12.1 Å². The molecule has 18 heavy (non-hydrogen) atoms. The molecule has 2 aromatic carbocycles. The Bertz CT molecular complexity index is 603. The van der Waals surface area contributed by atoms with Gasteiger partial charge in [-0.25, -0.2) is 8.78 Å². The molecule has 0 radical (unpaired) electrons. The Morgan fingerprint density at radius 1 is 0.944 bits per heavy atom. The Hall–Kier alpha value is -1.52. The summed E-state index contributed by atoms with van der Waals surface area (Å²) in [6.45, 7) is 0. The van der Waals surface area contributed by atoms with Crippen LogP contribution in [0.5, 0.6) is 0 Å². The molecule has 3 N–H and O–H groups in total. The molecule has 0 heterocycles. The van der Waals surface area contributed by atoms with Crippen LogP contribution in [0, 0.1) is 11.6 Å². The molecule has 94 valence electrons. The smallest absolute Gasteiger partial charge is 0.161 e. The molecule has 0 saturated carbocycles. The average molecular weight is 289 g/mol. The molecule has 2 aromatic rings. The molecule has 6 heteroatoms. The molecular formula is C12H8Cl2F2N2. The predicted molar refractivity (Wildman–Crippen MR) is 70.5 cm³/mol. The molecule has 0 aliphatic carbocycles. The number of nitrogens with two attached hydrogens (primary N) is 1. The van der Waals surface area contributed by atoms with Crippen molar-refractivity contribution in [2.45, 2.75) is 0 Å². The molecule has 0 amide bonds. The third-order valence-corrected chi connectivity index (χ3v) is 2.84. The van der Waals surface area contributed by atoms with Crippen LogP contribution < -0.4 is 11.1 Å². The standard InChI is InChI=1S/C12H8Cl2F2N2/c13-6-1-2-11(7(14)3-6)18-12-5-9(16)8(15)4-10(12)17/h1-5,18H,17H2. The van der Waals surface area contributed by atoms with Crippen LogP contribution >= 0.6 is 23.2 Å². The first-order chi connectivity index (χ1) is 8.47. The molecule has 0 fully saturated rings.